The molecule has 0 aliphatic rings. The van der Waals surface area contributed by atoms with E-state index >= 15 is 0 Å². The smallest absolute Gasteiger partial charge is 0.287 e. The maximum absolute atomic E-state index is 10.0. The van der Waals surface area contributed by atoms with Gasteiger partial charge in [0.1, 0.15) is 0 Å². The molecule has 0 spiro atoms. The van der Waals surface area contributed by atoms with Gasteiger partial charge in [0.05, 0.1) is 5.41 Å². The summed E-state index contributed by atoms with van der Waals surface area (Å²) >= 11 is 4.66. The molecule has 0 radical (unpaired) electrons. The van der Waals surface area contributed by atoms with E-state index in [2.05, 4.69) is 24.1 Å². The first-order chi connectivity index (χ1) is 9.85. The molecular weight excluding hydrogens is 308 g/mol. The van der Waals surface area contributed by atoms with E-state index in [1.165, 1.54) is 23.8 Å². The monoisotopic (exact) mass is 326 g/mol. The van der Waals surface area contributed by atoms with Crippen LogP contribution >= 0.6 is 12.2 Å². The predicted octanol–water partition coefficient (Wildman–Crippen LogP) is 2.15. The maximum Gasteiger partial charge on any atom is 0.287 e. The fraction of sp³-hybridized carbons (Fsp3) is 0.0714. The summed E-state index contributed by atoms with van der Waals surface area (Å²) in [6.07, 6.45) is 5.69. The zero-order chi connectivity index (χ0) is 16.1. The third kappa shape index (κ3) is 14.3. The Morgan fingerprint density at radius 1 is 1.29 bits per heavy atom. The van der Waals surface area contributed by atoms with Gasteiger partial charge in [-0.2, -0.15) is 8.42 Å². The number of hydrogen-bond acceptors (Lipinski definition) is 3. The molecule has 114 valence electrons. The highest BCUT2D eigenvalue weighted by atomic mass is 32.2. The van der Waals surface area contributed by atoms with E-state index in [1.54, 1.807) is 6.08 Å². The lowest BCUT2D eigenvalue weighted by molar-refractivity contribution is 0.494. The molecule has 0 aliphatic carbocycles. The summed E-state index contributed by atoms with van der Waals surface area (Å²) in [5, 5.41) is 3.90. The average molecular weight is 326 g/mol. The predicted molar refractivity (Wildman–Crippen MR) is 90.1 cm³/mol. The summed E-state index contributed by atoms with van der Waals surface area (Å²) in [7, 11) is -3.97. The molecule has 7 heteroatoms. The molecule has 1 rings (SSSR count). The molecule has 1 aromatic rings. The van der Waals surface area contributed by atoms with Gasteiger partial charge in [0.15, 0.2) is 5.11 Å². The third-order valence-electron chi connectivity index (χ3n) is 1.92. The zero-order valence-corrected chi connectivity index (χ0v) is 13.0. The second-order valence-electron chi connectivity index (χ2n) is 3.67. The lowest BCUT2D eigenvalue weighted by atomic mass is 10.2. The number of benzene rings is 1. The van der Waals surface area contributed by atoms with Crippen molar-refractivity contribution >= 4 is 27.4 Å². The lowest BCUT2D eigenvalue weighted by Gasteiger charge is -2.02. The zero-order valence-electron chi connectivity index (χ0n) is 11.3. The Hall–Kier alpha value is -1.96. The Kier molecular flexibility index (Phi) is 9.78. The Morgan fingerprint density at radius 2 is 1.90 bits per heavy atom. The second kappa shape index (κ2) is 10.8. The van der Waals surface area contributed by atoms with Crippen LogP contribution in [0.2, 0.25) is 0 Å². The molecule has 0 fully saturated rings. The van der Waals surface area contributed by atoms with Crippen LogP contribution in [0, 0.1) is 0 Å². The van der Waals surface area contributed by atoms with Gasteiger partial charge < -0.3 is 11.1 Å². The van der Waals surface area contributed by atoms with Gasteiger partial charge in [-0.1, -0.05) is 55.1 Å². The highest BCUT2D eigenvalue weighted by molar-refractivity contribution is 7.88. The van der Waals surface area contributed by atoms with Crippen molar-refractivity contribution in [1.82, 2.24) is 5.32 Å². The molecule has 0 atom stereocenters. The number of nitrogens with one attached hydrogen (secondary N) is 1. The van der Waals surface area contributed by atoms with Crippen LogP contribution in [0.4, 0.5) is 0 Å². The lowest BCUT2D eigenvalue weighted by Crippen LogP contribution is -2.28. The molecule has 0 aromatic heterocycles. The highest BCUT2D eigenvalue weighted by Crippen LogP contribution is 1.96. The van der Waals surface area contributed by atoms with Crippen LogP contribution in [-0.4, -0.2) is 18.1 Å². The van der Waals surface area contributed by atoms with Crippen LogP contribution in [-0.2, 0) is 16.7 Å². The SMILES string of the molecule is C=CC=CC=CS(=O)(=O)O.NC(=S)NCc1ccccc1. The number of rotatable bonds is 5. The normalized spacial score (nSPS) is 10.9. The van der Waals surface area contributed by atoms with E-state index in [9.17, 15) is 8.42 Å². The van der Waals surface area contributed by atoms with Crippen molar-refractivity contribution in [2.24, 2.45) is 5.73 Å². The summed E-state index contributed by atoms with van der Waals surface area (Å²) < 4.78 is 28.1. The van der Waals surface area contributed by atoms with Crippen LogP contribution in [0.15, 0.2) is 66.6 Å². The van der Waals surface area contributed by atoms with Crippen LogP contribution in [0.1, 0.15) is 5.56 Å². The Bertz CT molecular complexity index is 594. The van der Waals surface area contributed by atoms with Gasteiger partial charge in [0, 0.05) is 6.54 Å². The number of thiocarbonyl (C=S) groups is 1. The molecular formula is C14H18N2O3S2. The van der Waals surface area contributed by atoms with Gasteiger partial charge in [0.25, 0.3) is 10.1 Å². The fourth-order valence-corrected chi connectivity index (χ4v) is 1.43. The van der Waals surface area contributed by atoms with Gasteiger partial charge >= 0.3 is 0 Å². The van der Waals surface area contributed by atoms with E-state index in [0.717, 1.165) is 0 Å². The quantitative estimate of drug-likeness (QED) is 0.436. The van der Waals surface area contributed by atoms with Crippen molar-refractivity contribution in [3.8, 4) is 0 Å². The van der Waals surface area contributed by atoms with Crippen LogP contribution < -0.4 is 11.1 Å². The average Bonchev–Trinajstić information content (AvgIpc) is 2.42. The topological polar surface area (TPSA) is 92.4 Å². The Balaban J connectivity index is 0.000000384. The molecule has 0 saturated heterocycles. The first-order valence-corrected chi connectivity index (χ1v) is 7.77. The summed E-state index contributed by atoms with van der Waals surface area (Å²) in [5.41, 5.74) is 6.44. The first kappa shape index (κ1) is 19.0. The first-order valence-electron chi connectivity index (χ1n) is 5.85. The van der Waals surface area contributed by atoms with Crippen LogP contribution in [0.5, 0.6) is 0 Å². The largest absolute Gasteiger partial charge is 0.376 e. The van der Waals surface area contributed by atoms with Gasteiger partial charge in [-0.25, -0.2) is 0 Å². The van der Waals surface area contributed by atoms with Gasteiger partial charge in [-0.15, -0.1) is 0 Å². The van der Waals surface area contributed by atoms with Crippen molar-refractivity contribution in [2.45, 2.75) is 6.54 Å². The summed E-state index contributed by atoms with van der Waals surface area (Å²) in [4.78, 5) is 0. The minimum Gasteiger partial charge on any atom is -0.376 e. The van der Waals surface area contributed by atoms with E-state index in [-0.39, 0.29) is 0 Å². The third-order valence-corrected chi connectivity index (χ3v) is 2.56. The summed E-state index contributed by atoms with van der Waals surface area (Å²) in [5.74, 6) is 0. The molecule has 0 unspecified atom stereocenters. The van der Waals surface area contributed by atoms with E-state index < -0.39 is 10.1 Å². The molecule has 5 nitrogen and oxygen atoms in total. The van der Waals surface area contributed by atoms with Crippen molar-refractivity contribution < 1.29 is 13.0 Å². The molecule has 0 amide bonds. The second-order valence-corrected chi connectivity index (χ2v) is 5.41. The molecule has 0 heterocycles. The molecule has 0 saturated carbocycles. The van der Waals surface area contributed by atoms with Gasteiger partial charge in [0.2, 0.25) is 0 Å². The maximum atomic E-state index is 10.0. The molecule has 4 N–H and O–H groups in total. The molecule has 0 bridgehead atoms. The molecule has 21 heavy (non-hydrogen) atoms. The Morgan fingerprint density at radius 3 is 2.38 bits per heavy atom. The van der Waals surface area contributed by atoms with Crippen molar-refractivity contribution in [3.63, 3.8) is 0 Å². The minimum absolute atomic E-state index is 0.342. The fourth-order valence-electron chi connectivity index (χ4n) is 1.07. The van der Waals surface area contributed by atoms with Crippen molar-refractivity contribution in [2.75, 3.05) is 0 Å². The van der Waals surface area contributed by atoms with E-state index in [4.69, 9.17) is 10.3 Å². The summed E-state index contributed by atoms with van der Waals surface area (Å²) in [6, 6.07) is 9.98. The van der Waals surface area contributed by atoms with Crippen molar-refractivity contribution in [1.29, 1.82) is 0 Å². The number of nitrogens with two attached hydrogens (primary N) is 1. The highest BCUT2D eigenvalue weighted by Gasteiger charge is 1.91. The molecule has 0 aliphatic heterocycles. The van der Waals surface area contributed by atoms with E-state index in [0.29, 0.717) is 17.1 Å². The Labute approximate surface area is 130 Å². The van der Waals surface area contributed by atoms with Crippen LogP contribution in [0.3, 0.4) is 0 Å². The summed E-state index contributed by atoms with van der Waals surface area (Å²) in [6.45, 7) is 4.07. The number of allylic oxidation sites excluding steroid dienone is 4. The minimum atomic E-state index is -3.97. The standard InChI is InChI=1S/C8H10N2S.C6H8O3S/c9-8(11)10-6-7-4-2-1-3-5-7;1-2-3-4-5-6-10(7,8)9/h1-5H,6H2,(H3,9,10,11);2-6H,1H2,(H,7,8,9). The molecule has 1 aromatic carbocycles. The van der Waals surface area contributed by atoms with Gasteiger partial charge in [-0.05, 0) is 23.9 Å². The number of hydrogen-bond donors (Lipinski definition) is 3. The van der Waals surface area contributed by atoms with E-state index in [1.807, 2.05) is 30.3 Å². The van der Waals surface area contributed by atoms with Crippen molar-refractivity contribution in [3.05, 3.63) is 72.2 Å². The van der Waals surface area contributed by atoms with Crippen LogP contribution in [0.25, 0.3) is 0 Å². The van der Waals surface area contributed by atoms with Gasteiger partial charge in [-0.3, -0.25) is 4.55 Å².